The summed E-state index contributed by atoms with van der Waals surface area (Å²) in [5.74, 6) is 1.87. The normalized spacial score (nSPS) is 18.1. The minimum atomic E-state index is -0.453. The van der Waals surface area contributed by atoms with Crippen LogP contribution in [-0.4, -0.2) is 39.0 Å². The molecule has 0 N–H and O–H groups in total. The van der Waals surface area contributed by atoms with Gasteiger partial charge in [0.05, 0.1) is 4.92 Å². The number of nitro groups is 1. The van der Waals surface area contributed by atoms with Crippen LogP contribution in [0.3, 0.4) is 0 Å². The number of rotatable bonds is 4. The molecular formula is C18H20N4O4. The van der Waals surface area contributed by atoms with E-state index in [1.54, 1.807) is 24.0 Å². The lowest BCUT2D eigenvalue weighted by Crippen LogP contribution is -2.38. The average molecular weight is 356 g/mol. The Kier molecular flexibility index (Phi) is 4.18. The highest BCUT2D eigenvalue weighted by molar-refractivity contribution is 5.96. The molecule has 26 heavy (non-hydrogen) atoms. The van der Waals surface area contributed by atoms with Crippen molar-refractivity contribution in [3.8, 4) is 0 Å². The zero-order chi connectivity index (χ0) is 18.3. The minimum Gasteiger partial charge on any atom is -0.425 e. The number of aromatic nitrogens is 2. The van der Waals surface area contributed by atoms with E-state index >= 15 is 0 Å². The van der Waals surface area contributed by atoms with Crippen LogP contribution in [0, 0.1) is 17.0 Å². The first kappa shape index (κ1) is 16.7. The van der Waals surface area contributed by atoms with Crippen molar-refractivity contribution in [2.24, 2.45) is 0 Å². The van der Waals surface area contributed by atoms with Crippen LogP contribution in [0.4, 0.5) is 5.69 Å². The molecule has 2 aromatic rings. The molecule has 1 aromatic carbocycles. The molecule has 0 unspecified atom stereocenters. The molecule has 8 heteroatoms. The van der Waals surface area contributed by atoms with Gasteiger partial charge in [0, 0.05) is 42.1 Å². The van der Waals surface area contributed by atoms with Gasteiger partial charge in [-0.25, -0.2) is 0 Å². The van der Waals surface area contributed by atoms with E-state index in [2.05, 4.69) is 10.2 Å². The lowest BCUT2D eigenvalue weighted by Gasteiger charge is -2.30. The number of carbonyl (C=O) groups excluding carboxylic acids is 1. The van der Waals surface area contributed by atoms with Crippen molar-refractivity contribution in [3.63, 3.8) is 0 Å². The van der Waals surface area contributed by atoms with E-state index in [4.69, 9.17) is 4.42 Å². The van der Waals surface area contributed by atoms with Gasteiger partial charge in [-0.3, -0.25) is 14.9 Å². The molecule has 2 fully saturated rings. The summed E-state index contributed by atoms with van der Waals surface area (Å²) in [5, 5.41) is 19.4. The number of piperidine rings is 1. The molecular weight excluding hydrogens is 336 g/mol. The third-order valence-corrected chi connectivity index (χ3v) is 5.25. The van der Waals surface area contributed by atoms with Gasteiger partial charge in [0.25, 0.3) is 11.6 Å². The Balaban J connectivity index is 1.43. The molecule has 2 heterocycles. The lowest BCUT2D eigenvalue weighted by atomic mass is 9.95. The Morgan fingerprint density at radius 1 is 1.15 bits per heavy atom. The molecule has 0 atom stereocenters. The molecule has 1 aromatic heterocycles. The second kappa shape index (κ2) is 6.51. The molecule has 1 aliphatic carbocycles. The summed E-state index contributed by atoms with van der Waals surface area (Å²) in [6.45, 7) is 2.77. The van der Waals surface area contributed by atoms with Gasteiger partial charge in [-0.05, 0) is 38.7 Å². The average Bonchev–Trinajstić information content (AvgIpc) is 3.38. The first-order valence-electron chi connectivity index (χ1n) is 8.91. The van der Waals surface area contributed by atoms with E-state index in [0.717, 1.165) is 31.6 Å². The summed E-state index contributed by atoms with van der Waals surface area (Å²) in [7, 11) is 0. The second-order valence-corrected chi connectivity index (χ2v) is 7.03. The Bertz CT molecular complexity index is 851. The number of carbonyl (C=O) groups is 1. The topological polar surface area (TPSA) is 102 Å². The summed E-state index contributed by atoms with van der Waals surface area (Å²) in [6, 6.07) is 4.63. The van der Waals surface area contributed by atoms with Gasteiger partial charge in [-0.1, -0.05) is 6.07 Å². The van der Waals surface area contributed by atoms with Crippen LogP contribution in [0.2, 0.25) is 0 Å². The Labute approximate surface area is 150 Å². The van der Waals surface area contributed by atoms with E-state index in [1.807, 2.05) is 0 Å². The van der Waals surface area contributed by atoms with E-state index in [9.17, 15) is 14.9 Å². The Morgan fingerprint density at radius 2 is 1.77 bits per heavy atom. The van der Waals surface area contributed by atoms with Crippen molar-refractivity contribution in [2.45, 2.75) is 44.4 Å². The predicted molar refractivity (Wildman–Crippen MR) is 92.0 cm³/mol. The number of hydrogen-bond donors (Lipinski definition) is 0. The van der Waals surface area contributed by atoms with Crippen molar-refractivity contribution in [1.82, 2.24) is 15.1 Å². The fourth-order valence-corrected chi connectivity index (χ4v) is 3.46. The SMILES string of the molecule is Cc1c(C(=O)N2CCC(c3nnc(C4CC4)o3)CC2)cccc1[N+](=O)[O-]. The standard InChI is InChI=1S/C18H20N4O4/c1-11-14(3-2-4-15(11)22(24)25)18(23)21-9-7-13(8-10-21)17-20-19-16(26-17)12-5-6-12/h2-4,12-13H,5-10H2,1H3. The number of benzene rings is 1. The molecule has 0 radical (unpaired) electrons. The lowest BCUT2D eigenvalue weighted by molar-refractivity contribution is -0.385. The summed E-state index contributed by atoms with van der Waals surface area (Å²) in [6.07, 6.45) is 3.76. The zero-order valence-corrected chi connectivity index (χ0v) is 14.6. The molecule has 1 saturated heterocycles. The third kappa shape index (κ3) is 3.07. The highest BCUT2D eigenvalue weighted by atomic mass is 16.6. The fourth-order valence-electron chi connectivity index (χ4n) is 3.46. The first-order chi connectivity index (χ1) is 12.5. The van der Waals surface area contributed by atoms with Gasteiger partial charge in [0.2, 0.25) is 11.8 Å². The second-order valence-electron chi connectivity index (χ2n) is 7.03. The molecule has 4 rings (SSSR count). The first-order valence-corrected chi connectivity index (χ1v) is 8.91. The molecule has 1 amide bonds. The Morgan fingerprint density at radius 3 is 2.35 bits per heavy atom. The number of nitrogens with zero attached hydrogens (tertiary/aromatic N) is 4. The number of amides is 1. The maximum Gasteiger partial charge on any atom is 0.273 e. The van der Waals surface area contributed by atoms with Gasteiger partial charge < -0.3 is 9.32 Å². The number of hydrogen-bond acceptors (Lipinski definition) is 6. The van der Waals surface area contributed by atoms with Crippen LogP contribution in [0.1, 0.15) is 65.2 Å². The largest absolute Gasteiger partial charge is 0.425 e. The Hall–Kier alpha value is -2.77. The van der Waals surface area contributed by atoms with Crippen LogP contribution in [-0.2, 0) is 0 Å². The van der Waals surface area contributed by atoms with Crippen molar-refractivity contribution >= 4 is 11.6 Å². The highest BCUT2D eigenvalue weighted by Crippen LogP contribution is 2.40. The number of likely N-dealkylation sites (tertiary alicyclic amines) is 1. The van der Waals surface area contributed by atoms with E-state index < -0.39 is 4.92 Å². The van der Waals surface area contributed by atoms with Gasteiger partial charge in [-0.2, -0.15) is 0 Å². The van der Waals surface area contributed by atoms with E-state index in [-0.39, 0.29) is 17.5 Å². The monoisotopic (exact) mass is 356 g/mol. The van der Waals surface area contributed by atoms with Crippen LogP contribution < -0.4 is 0 Å². The summed E-state index contributed by atoms with van der Waals surface area (Å²) in [5.41, 5.74) is 0.784. The highest BCUT2D eigenvalue weighted by Gasteiger charge is 2.33. The van der Waals surface area contributed by atoms with Crippen LogP contribution in [0.25, 0.3) is 0 Å². The molecule has 2 aliphatic rings. The van der Waals surface area contributed by atoms with Gasteiger partial charge in [-0.15, -0.1) is 10.2 Å². The molecule has 1 aliphatic heterocycles. The fraction of sp³-hybridized carbons (Fsp3) is 0.500. The molecule has 136 valence electrons. The molecule has 1 saturated carbocycles. The van der Waals surface area contributed by atoms with Gasteiger partial charge in [0.1, 0.15) is 0 Å². The van der Waals surface area contributed by atoms with Gasteiger partial charge in [0.15, 0.2) is 0 Å². The maximum absolute atomic E-state index is 12.8. The zero-order valence-electron chi connectivity index (χ0n) is 14.6. The van der Waals surface area contributed by atoms with E-state index in [1.165, 1.54) is 6.07 Å². The molecule has 8 nitrogen and oxygen atoms in total. The van der Waals surface area contributed by atoms with E-state index in [0.29, 0.717) is 36.0 Å². The quantitative estimate of drug-likeness (QED) is 0.616. The minimum absolute atomic E-state index is 0.0239. The summed E-state index contributed by atoms with van der Waals surface area (Å²) in [4.78, 5) is 25.2. The van der Waals surface area contributed by atoms with Gasteiger partial charge >= 0.3 is 0 Å². The van der Waals surface area contributed by atoms with Crippen molar-refractivity contribution in [1.29, 1.82) is 0 Å². The smallest absolute Gasteiger partial charge is 0.273 e. The van der Waals surface area contributed by atoms with Crippen LogP contribution in [0.15, 0.2) is 22.6 Å². The van der Waals surface area contributed by atoms with Crippen molar-refractivity contribution < 1.29 is 14.1 Å². The van der Waals surface area contributed by atoms with Crippen LogP contribution >= 0.6 is 0 Å². The van der Waals surface area contributed by atoms with Crippen molar-refractivity contribution in [3.05, 3.63) is 51.2 Å². The summed E-state index contributed by atoms with van der Waals surface area (Å²) < 4.78 is 5.79. The van der Waals surface area contributed by atoms with Crippen molar-refractivity contribution in [2.75, 3.05) is 13.1 Å². The molecule has 0 bridgehead atoms. The predicted octanol–water partition coefficient (Wildman–Crippen LogP) is 3.18. The number of nitro benzene ring substituents is 1. The summed E-state index contributed by atoms with van der Waals surface area (Å²) >= 11 is 0. The molecule has 0 spiro atoms. The maximum atomic E-state index is 12.8. The third-order valence-electron chi connectivity index (χ3n) is 5.25. The van der Waals surface area contributed by atoms with Crippen LogP contribution in [0.5, 0.6) is 0 Å².